The number of aromatic nitrogens is 3. The Morgan fingerprint density at radius 1 is 1.21 bits per heavy atom. The molecule has 2 N–H and O–H groups in total. The van der Waals surface area contributed by atoms with Crippen LogP contribution in [0.2, 0.25) is 0 Å². The van der Waals surface area contributed by atoms with Crippen LogP contribution in [-0.4, -0.2) is 39.3 Å². The van der Waals surface area contributed by atoms with Crippen LogP contribution in [0.3, 0.4) is 0 Å². The van der Waals surface area contributed by atoms with Crippen molar-refractivity contribution in [1.82, 2.24) is 19.7 Å². The molecule has 0 unspecified atom stereocenters. The van der Waals surface area contributed by atoms with Gasteiger partial charge in [-0.05, 0) is 31.3 Å². The minimum Gasteiger partial charge on any atom is -0.384 e. The van der Waals surface area contributed by atoms with Crippen molar-refractivity contribution in [3.05, 3.63) is 30.5 Å². The zero-order chi connectivity index (χ0) is 16.7. The molecule has 0 amide bonds. The quantitative estimate of drug-likeness (QED) is 0.603. The third kappa shape index (κ3) is 2.46. The first-order valence-corrected chi connectivity index (χ1v) is 9.18. The van der Waals surface area contributed by atoms with Crippen LogP contribution in [0, 0.1) is 0 Å². The van der Waals surface area contributed by atoms with E-state index in [0.717, 1.165) is 42.3 Å². The van der Waals surface area contributed by atoms with Gasteiger partial charge in [0.05, 0.1) is 12.1 Å². The minimum atomic E-state index is 0.554. The monoisotopic (exact) mass is 339 g/mol. The highest BCUT2D eigenvalue weighted by molar-refractivity contribution is 7.99. The summed E-state index contributed by atoms with van der Waals surface area (Å²) in [5.41, 5.74) is 9.17. The number of nitrogens with two attached hydrogens (primary N) is 1. The number of nitrogens with zero attached hydrogens (tertiary/aromatic N) is 4. The maximum absolute atomic E-state index is 5.86. The summed E-state index contributed by atoms with van der Waals surface area (Å²) in [5, 5.41) is 6.16. The van der Waals surface area contributed by atoms with Gasteiger partial charge in [0.25, 0.3) is 0 Å². The smallest absolute Gasteiger partial charge is 0.124 e. The molecule has 3 aromatic rings. The molecule has 5 nitrogen and oxygen atoms in total. The van der Waals surface area contributed by atoms with E-state index in [-0.39, 0.29) is 0 Å². The number of rotatable bonds is 5. The number of fused-ring (bicyclic) bond motifs is 2. The van der Waals surface area contributed by atoms with Crippen LogP contribution in [-0.2, 0) is 6.54 Å². The standard InChI is InChI=1S/C18H21N5S/c1-3-22(4-2)8-9-23-13-6-5-7-14-17(13)18(21-23)12-11-20-16(19)10-15(12)24-14/h5-7,10-11H,3-4,8-9H2,1-2H3,(H2,19,20). The van der Waals surface area contributed by atoms with Gasteiger partial charge in [-0.15, -0.1) is 0 Å². The first kappa shape index (κ1) is 15.5. The Kier molecular flexibility index (Phi) is 3.94. The molecule has 1 aliphatic heterocycles. The fraction of sp³-hybridized carbons (Fsp3) is 0.333. The number of anilines is 1. The Morgan fingerprint density at radius 3 is 2.83 bits per heavy atom. The van der Waals surface area contributed by atoms with Crippen LogP contribution in [0.15, 0.2) is 40.3 Å². The van der Waals surface area contributed by atoms with Crippen LogP contribution < -0.4 is 5.73 Å². The fourth-order valence-electron chi connectivity index (χ4n) is 3.25. The van der Waals surface area contributed by atoms with Crippen LogP contribution in [0.25, 0.3) is 22.2 Å². The van der Waals surface area contributed by atoms with Crippen LogP contribution in [0.4, 0.5) is 5.82 Å². The summed E-state index contributed by atoms with van der Waals surface area (Å²) < 4.78 is 2.14. The molecule has 0 fully saturated rings. The zero-order valence-electron chi connectivity index (χ0n) is 14.0. The average Bonchev–Trinajstić information content (AvgIpc) is 2.96. The van der Waals surface area contributed by atoms with E-state index in [1.54, 1.807) is 11.8 Å². The Hall–Kier alpha value is -2.05. The van der Waals surface area contributed by atoms with Crippen LogP contribution in [0.5, 0.6) is 0 Å². The lowest BCUT2D eigenvalue weighted by molar-refractivity contribution is 0.287. The summed E-state index contributed by atoms with van der Waals surface area (Å²) in [6.45, 7) is 8.43. The van der Waals surface area contributed by atoms with Gasteiger partial charge in [0.2, 0.25) is 0 Å². The number of hydrogen-bond acceptors (Lipinski definition) is 5. The molecule has 24 heavy (non-hydrogen) atoms. The molecular formula is C18H21N5S. The molecule has 6 heteroatoms. The van der Waals surface area contributed by atoms with Gasteiger partial charge in [-0.25, -0.2) is 4.98 Å². The molecule has 0 bridgehead atoms. The van der Waals surface area contributed by atoms with E-state index in [1.165, 1.54) is 15.8 Å². The topological polar surface area (TPSA) is 60.0 Å². The normalized spacial score (nSPS) is 12.8. The predicted molar refractivity (Wildman–Crippen MR) is 99.3 cm³/mol. The van der Waals surface area contributed by atoms with E-state index >= 15 is 0 Å². The number of nitrogen functional groups attached to an aromatic ring is 1. The van der Waals surface area contributed by atoms with Gasteiger partial charge in [-0.2, -0.15) is 5.10 Å². The zero-order valence-corrected chi connectivity index (χ0v) is 14.8. The summed E-state index contributed by atoms with van der Waals surface area (Å²) >= 11 is 1.75. The lowest BCUT2D eigenvalue weighted by Crippen LogP contribution is -2.27. The number of hydrogen-bond donors (Lipinski definition) is 1. The maximum Gasteiger partial charge on any atom is 0.124 e. The van der Waals surface area contributed by atoms with Gasteiger partial charge >= 0.3 is 0 Å². The molecule has 1 aromatic carbocycles. The molecule has 0 radical (unpaired) electrons. The Bertz CT molecular complexity index is 898. The maximum atomic E-state index is 5.86. The van der Waals surface area contributed by atoms with E-state index in [9.17, 15) is 0 Å². The lowest BCUT2D eigenvalue weighted by Gasteiger charge is -2.17. The third-order valence-electron chi connectivity index (χ3n) is 4.62. The van der Waals surface area contributed by atoms with Crippen molar-refractivity contribution in [2.24, 2.45) is 0 Å². The summed E-state index contributed by atoms with van der Waals surface area (Å²) in [6.07, 6.45) is 1.85. The summed E-state index contributed by atoms with van der Waals surface area (Å²) in [5.74, 6) is 0.554. The Balaban J connectivity index is 1.81. The first-order valence-electron chi connectivity index (χ1n) is 8.37. The molecule has 0 spiro atoms. The first-order chi connectivity index (χ1) is 11.7. The van der Waals surface area contributed by atoms with Gasteiger partial charge in [-0.1, -0.05) is 31.7 Å². The minimum absolute atomic E-state index is 0.554. The van der Waals surface area contributed by atoms with E-state index in [4.69, 9.17) is 10.8 Å². The van der Waals surface area contributed by atoms with Crippen molar-refractivity contribution in [2.75, 3.05) is 25.4 Å². The van der Waals surface area contributed by atoms with Gasteiger partial charge in [0.15, 0.2) is 0 Å². The van der Waals surface area contributed by atoms with Crippen LogP contribution in [0.1, 0.15) is 13.8 Å². The third-order valence-corrected chi connectivity index (χ3v) is 5.74. The lowest BCUT2D eigenvalue weighted by atomic mass is 10.1. The van der Waals surface area contributed by atoms with Crippen molar-refractivity contribution in [2.45, 2.75) is 30.2 Å². The van der Waals surface area contributed by atoms with E-state index in [1.807, 2.05) is 12.3 Å². The summed E-state index contributed by atoms with van der Waals surface area (Å²) in [4.78, 5) is 9.07. The second kappa shape index (κ2) is 6.11. The number of likely N-dealkylation sites (N-methyl/N-ethyl adjacent to an activating group) is 1. The predicted octanol–water partition coefficient (Wildman–Crippen LogP) is 3.49. The molecule has 1 aliphatic rings. The molecule has 0 saturated heterocycles. The van der Waals surface area contributed by atoms with Crippen molar-refractivity contribution >= 4 is 28.5 Å². The SMILES string of the molecule is CCN(CC)CCn1nc2c3c(cccc31)Sc1cc(N)ncc1-2. The Labute approximate surface area is 145 Å². The van der Waals surface area contributed by atoms with Gasteiger partial charge in [0, 0.05) is 33.5 Å². The highest BCUT2D eigenvalue weighted by atomic mass is 32.2. The molecule has 0 atom stereocenters. The van der Waals surface area contributed by atoms with Crippen molar-refractivity contribution < 1.29 is 0 Å². The summed E-state index contributed by atoms with van der Waals surface area (Å²) in [7, 11) is 0. The second-order valence-electron chi connectivity index (χ2n) is 5.96. The van der Waals surface area contributed by atoms with Gasteiger partial charge in [0.1, 0.15) is 11.5 Å². The van der Waals surface area contributed by atoms with E-state index < -0.39 is 0 Å². The van der Waals surface area contributed by atoms with Crippen LogP contribution >= 0.6 is 11.8 Å². The molecule has 0 saturated carbocycles. The highest BCUT2D eigenvalue weighted by Gasteiger charge is 2.24. The van der Waals surface area contributed by atoms with Crippen molar-refractivity contribution in [3.63, 3.8) is 0 Å². The molecule has 2 aromatic heterocycles. The second-order valence-corrected chi connectivity index (χ2v) is 7.04. The molecule has 4 rings (SSSR count). The van der Waals surface area contributed by atoms with Crippen molar-refractivity contribution in [1.29, 1.82) is 0 Å². The molecular weight excluding hydrogens is 318 g/mol. The fourth-order valence-corrected chi connectivity index (χ4v) is 4.38. The highest BCUT2D eigenvalue weighted by Crippen LogP contribution is 2.47. The average molecular weight is 339 g/mol. The molecule has 3 heterocycles. The number of benzene rings is 1. The largest absolute Gasteiger partial charge is 0.384 e. The van der Waals surface area contributed by atoms with E-state index in [0.29, 0.717) is 5.82 Å². The summed E-state index contributed by atoms with van der Waals surface area (Å²) in [6, 6.07) is 8.37. The van der Waals surface area contributed by atoms with Crippen molar-refractivity contribution in [3.8, 4) is 11.3 Å². The Morgan fingerprint density at radius 2 is 2.04 bits per heavy atom. The molecule has 0 aliphatic carbocycles. The molecule has 124 valence electrons. The van der Waals surface area contributed by atoms with E-state index in [2.05, 4.69) is 46.6 Å². The van der Waals surface area contributed by atoms with Gasteiger partial charge in [-0.3, -0.25) is 4.68 Å². The number of pyridine rings is 1. The van der Waals surface area contributed by atoms with Gasteiger partial charge < -0.3 is 10.6 Å².